The predicted molar refractivity (Wildman–Crippen MR) is 182 cm³/mol. The molecule has 0 fully saturated rings. The molecule has 5 aromatic rings. The quantitative estimate of drug-likeness (QED) is 0.208. The standard InChI is InChI=1S/C38H38N2O9/c1-40-14-12-24-32-26(40)15-22-17-30(29(44-3)19-27(22)41)48-23-9-7-20(8-10-23)34(42)33-25-18-31(28(43-2)16-21(25)11-13-39-33)49-36(32)38(47-6)37(46-5)35(24)45-4/h7-11,13,16-19,26,34,41-42H,12,14-15H2,1-6H3/t26-,34-/m0/s1. The van der Waals surface area contributed by atoms with Gasteiger partial charge in [-0.3, -0.25) is 9.88 Å². The van der Waals surface area contributed by atoms with Crippen molar-refractivity contribution < 1.29 is 43.4 Å². The summed E-state index contributed by atoms with van der Waals surface area (Å²) in [6, 6.07) is 15.7. The first-order chi connectivity index (χ1) is 23.8. The topological polar surface area (TPSA) is 121 Å². The summed E-state index contributed by atoms with van der Waals surface area (Å²) in [5, 5.41) is 24.4. The Morgan fingerprint density at radius 2 is 1.49 bits per heavy atom. The van der Waals surface area contributed by atoms with Crippen LogP contribution in [0.1, 0.15) is 40.1 Å². The van der Waals surface area contributed by atoms with Gasteiger partial charge in [0.25, 0.3) is 0 Å². The molecule has 0 saturated heterocycles. The Bertz CT molecular complexity index is 2050. The number of phenolic OH excluding ortho intramolecular Hbond substituents is 1. The van der Waals surface area contributed by atoms with Gasteiger partial charge in [-0.25, -0.2) is 0 Å². The van der Waals surface area contributed by atoms with Crippen LogP contribution in [0, 0.1) is 0 Å². The van der Waals surface area contributed by atoms with Gasteiger partial charge in [0, 0.05) is 41.4 Å². The zero-order chi connectivity index (χ0) is 34.4. The van der Waals surface area contributed by atoms with Crippen molar-refractivity contribution in [3.8, 4) is 57.5 Å². The highest BCUT2D eigenvalue weighted by Crippen LogP contribution is 2.56. The lowest BCUT2D eigenvalue weighted by molar-refractivity contribution is 0.215. The molecule has 49 heavy (non-hydrogen) atoms. The van der Waals surface area contributed by atoms with E-state index in [4.69, 9.17) is 33.2 Å². The van der Waals surface area contributed by atoms with Gasteiger partial charge in [-0.05, 0) is 72.8 Å². The van der Waals surface area contributed by atoms with Crippen LogP contribution in [0.15, 0.2) is 60.8 Å². The summed E-state index contributed by atoms with van der Waals surface area (Å²) in [5.41, 5.74) is 3.40. The number of pyridine rings is 1. The first-order valence-electron chi connectivity index (χ1n) is 15.8. The number of aliphatic hydroxyl groups excluding tert-OH is 1. The van der Waals surface area contributed by atoms with Gasteiger partial charge in [-0.2, -0.15) is 0 Å². The number of aromatic nitrogens is 1. The molecule has 0 spiro atoms. The van der Waals surface area contributed by atoms with Gasteiger partial charge >= 0.3 is 0 Å². The minimum Gasteiger partial charge on any atom is -0.508 e. The third-order valence-corrected chi connectivity index (χ3v) is 9.41. The van der Waals surface area contributed by atoms with Gasteiger partial charge < -0.3 is 43.4 Å². The van der Waals surface area contributed by atoms with E-state index < -0.39 is 6.10 Å². The number of fused-ring (bicyclic) bond motifs is 2. The lowest BCUT2D eigenvalue weighted by Crippen LogP contribution is -2.34. The number of hydrogen-bond donors (Lipinski definition) is 2. The summed E-state index contributed by atoms with van der Waals surface area (Å²) >= 11 is 0. The molecular weight excluding hydrogens is 628 g/mol. The van der Waals surface area contributed by atoms with E-state index in [2.05, 4.69) is 9.88 Å². The Balaban J connectivity index is 1.55. The first kappa shape index (κ1) is 32.2. The van der Waals surface area contributed by atoms with Crippen LogP contribution in [0.2, 0.25) is 0 Å². The van der Waals surface area contributed by atoms with Crippen molar-refractivity contribution in [2.45, 2.75) is 25.0 Å². The van der Waals surface area contributed by atoms with E-state index in [-0.39, 0.29) is 11.8 Å². The van der Waals surface area contributed by atoms with Crippen LogP contribution in [-0.4, -0.2) is 69.2 Å². The number of aromatic hydroxyl groups is 1. The zero-order valence-electron chi connectivity index (χ0n) is 28.2. The van der Waals surface area contributed by atoms with Gasteiger partial charge in [-0.1, -0.05) is 12.1 Å². The highest BCUT2D eigenvalue weighted by atomic mass is 16.6. The van der Waals surface area contributed by atoms with Crippen molar-refractivity contribution in [3.63, 3.8) is 0 Å². The van der Waals surface area contributed by atoms with Crippen LogP contribution in [0.5, 0.6) is 57.5 Å². The minimum atomic E-state index is -1.06. The number of ether oxygens (including phenoxy) is 7. The summed E-state index contributed by atoms with van der Waals surface area (Å²) in [7, 11) is 9.85. The Hall–Kier alpha value is -5.39. The number of nitrogens with zero attached hydrogens (tertiary/aromatic N) is 2. The number of benzene rings is 4. The maximum atomic E-state index is 11.6. The van der Waals surface area contributed by atoms with E-state index in [0.29, 0.717) is 93.3 Å². The van der Waals surface area contributed by atoms with E-state index in [1.807, 2.05) is 25.2 Å². The smallest absolute Gasteiger partial charge is 0.208 e. The number of rotatable bonds is 5. The van der Waals surface area contributed by atoms with Gasteiger partial charge in [-0.15, -0.1) is 0 Å². The third kappa shape index (κ3) is 5.44. The third-order valence-electron chi connectivity index (χ3n) is 9.41. The van der Waals surface area contributed by atoms with Crippen LogP contribution in [0.25, 0.3) is 10.8 Å². The molecule has 3 aliphatic rings. The van der Waals surface area contributed by atoms with E-state index in [1.54, 1.807) is 71.0 Å². The minimum absolute atomic E-state index is 0.0590. The second kappa shape index (κ2) is 12.9. The molecule has 0 radical (unpaired) electrons. The van der Waals surface area contributed by atoms with Crippen molar-refractivity contribution in [1.82, 2.24) is 9.88 Å². The first-order valence-corrected chi connectivity index (χ1v) is 15.8. The lowest BCUT2D eigenvalue weighted by Gasteiger charge is -2.37. The molecular formula is C38H38N2O9. The van der Waals surface area contributed by atoms with Crippen LogP contribution in [0.3, 0.4) is 0 Å². The number of aliphatic hydroxyl groups is 1. The van der Waals surface area contributed by atoms with Gasteiger partial charge in [0.2, 0.25) is 11.5 Å². The van der Waals surface area contributed by atoms with Crippen LogP contribution in [0.4, 0.5) is 0 Å². The molecule has 2 N–H and O–H groups in total. The molecule has 2 atom stereocenters. The highest BCUT2D eigenvalue weighted by molar-refractivity contribution is 5.88. The normalized spacial score (nSPS) is 17.0. The summed E-state index contributed by atoms with van der Waals surface area (Å²) in [6.45, 7) is 0.696. The molecule has 11 nitrogen and oxygen atoms in total. The van der Waals surface area contributed by atoms with Crippen LogP contribution >= 0.6 is 0 Å². The molecule has 4 aromatic carbocycles. The maximum absolute atomic E-state index is 11.6. The van der Waals surface area contributed by atoms with Crippen molar-refractivity contribution in [2.75, 3.05) is 49.1 Å². The van der Waals surface area contributed by atoms with Crippen molar-refractivity contribution in [1.29, 1.82) is 0 Å². The van der Waals surface area contributed by atoms with Crippen LogP contribution < -0.4 is 33.2 Å². The highest BCUT2D eigenvalue weighted by Gasteiger charge is 2.37. The Labute approximate surface area is 284 Å². The molecule has 6 bridgehead atoms. The van der Waals surface area contributed by atoms with Gasteiger partial charge in [0.05, 0.1) is 41.2 Å². The lowest BCUT2D eigenvalue weighted by atomic mass is 9.86. The van der Waals surface area contributed by atoms with Crippen molar-refractivity contribution >= 4 is 10.8 Å². The second-order valence-electron chi connectivity index (χ2n) is 12.0. The Kier molecular flexibility index (Phi) is 8.47. The van der Waals surface area contributed by atoms with Crippen molar-refractivity contribution in [2.24, 2.45) is 0 Å². The van der Waals surface area contributed by atoms with E-state index in [0.717, 1.165) is 16.5 Å². The molecule has 0 saturated carbocycles. The average Bonchev–Trinajstić information content (AvgIpc) is 3.12. The molecule has 1 aromatic heterocycles. The summed E-state index contributed by atoms with van der Waals surface area (Å²) in [4.78, 5) is 6.81. The molecule has 0 unspecified atom stereocenters. The SMILES string of the molecule is COc1cc(O)c2cc1Oc1ccc(cc1)[C@H](O)c1nccc3cc(OC)c(cc13)Oc1c(OC)c(OC)c(OC)c3c1[C@H](C2)N(C)CC3. The van der Waals surface area contributed by atoms with Gasteiger partial charge in [0.15, 0.2) is 34.5 Å². The maximum Gasteiger partial charge on any atom is 0.208 e. The number of likely N-dealkylation sites (N-methyl/N-ethyl adjacent to an activating group) is 1. The van der Waals surface area contributed by atoms with E-state index in [9.17, 15) is 10.2 Å². The van der Waals surface area contributed by atoms with E-state index in [1.165, 1.54) is 7.11 Å². The molecule has 0 amide bonds. The van der Waals surface area contributed by atoms with E-state index >= 15 is 0 Å². The fourth-order valence-corrected chi connectivity index (χ4v) is 6.91. The fraction of sp³-hybridized carbons (Fsp3) is 0.289. The largest absolute Gasteiger partial charge is 0.508 e. The van der Waals surface area contributed by atoms with Crippen molar-refractivity contribution in [3.05, 3.63) is 88.7 Å². The Morgan fingerprint density at radius 3 is 2.18 bits per heavy atom. The molecule has 3 aliphatic heterocycles. The number of hydrogen-bond acceptors (Lipinski definition) is 11. The molecule has 0 aliphatic carbocycles. The molecule has 254 valence electrons. The van der Waals surface area contributed by atoms with Gasteiger partial charge in [0.1, 0.15) is 17.6 Å². The summed E-state index contributed by atoms with van der Waals surface area (Å²) < 4.78 is 42.5. The Morgan fingerprint density at radius 1 is 0.796 bits per heavy atom. The monoisotopic (exact) mass is 666 g/mol. The average molecular weight is 667 g/mol. The van der Waals surface area contributed by atoms with Crippen LogP contribution in [-0.2, 0) is 12.8 Å². The molecule has 11 heteroatoms. The zero-order valence-corrected chi connectivity index (χ0v) is 28.2. The number of phenols is 1. The molecule has 8 rings (SSSR count). The summed E-state index contributed by atoms with van der Waals surface area (Å²) in [6.07, 6.45) is 1.61. The predicted octanol–water partition coefficient (Wildman–Crippen LogP) is 6.73. The molecule has 4 heterocycles. The fourth-order valence-electron chi connectivity index (χ4n) is 6.91. The number of methoxy groups -OCH3 is 5. The second-order valence-corrected chi connectivity index (χ2v) is 12.0. The summed E-state index contributed by atoms with van der Waals surface area (Å²) in [5.74, 6) is 3.94.